The normalized spacial score (nSPS) is 11.3. The second-order valence-corrected chi connectivity index (χ2v) is 4.76. The summed E-state index contributed by atoms with van der Waals surface area (Å²) in [6, 6.07) is 15.5. The fourth-order valence-corrected chi connectivity index (χ4v) is 1.96. The maximum absolute atomic E-state index is 11.4. The number of hydrogen-bond acceptors (Lipinski definition) is 4. The Kier molecular flexibility index (Phi) is 4.81. The molecule has 0 amide bonds. The molecule has 4 nitrogen and oxygen atoms in total. The summed E-state index contributed by atoms with van der Waals surface area (Å²) >= 11 is 5.82. The zero-order chi connectivity index (χ0) is 15.2. The zero-order valence-electron chi connectivity index (χ0n) is 11.3. The summed E-state index contributed by atoms with van der Waals surface area (Å²) in [7, 11) is 1.33. The largest absolute Gasteiger partial charge is 0.465 e. The lowest BCUT2D eigenvalue weighted by Crippen LogP contribution is -2.09. The minimum atomic E-state index is -0.516. The maximum Gasteiger partial charge on any atom is 0.337 e. The number of nitriles is 1. The van der Waals surface area contributed by atoms with Crippen LogP contribution in [0.25, 0.3) is 0 Å². The van der Waals surface area contributed by atoms with E-state index in [1.165, 1.54) is 7.11 Å². The summed E-state index contributed by atoms with van der Waals surface area (Å²) in [5.41, 5.74) is 2.01. The van der Waals surface area contributed by atoms with E-state index >= 15 is 0 Å². The van der Waals surface area contributed by atoms with E-state index in [1.807, 2.05) is 0 Å². The van der Waals surface area contributed by atoms with Crippen molar-refractivity contribution < 1.29 is 9.53 Å². The second kappa shape index (κ2) is 6.78. The summed E-state index contributed by atoms with van der Waals surface area (Å²) < 4.78 is 4.64. The third-order valence-electron chi connectivity index (χ3n) is 2.95. The van der Waals surface area contributed by atoms with Gasteiger partial charge in [0.2, 0.25) is 0 Å². The Balaban J connectivity index is 2.16. The minimum absolute atomic E-state index is 0.402. The van der Waals surface area contributed by atoms with E-state index in [-0.39, 0.29) is 0 Å². The van der Waals surface area contributed by atoms with Gasteiger partial charge in [0.15, 0.2) is 0 Å². The number of methoxy groups -OCH3 is 1. The monoisotopic (exact) mass is 300 g/mol. The van der Waals surface area contributed by atoms with E-state index < -0.39 is 12.0 Å². The highest BCUT2D eigenvalue weighted by molar-refractivity contribution is 6.30. The Labute approximate surface area is 127 Å². The molecule has 0 aliphatic carbocycles. The molecule has 0 saturated carbocycles. The molecule has 0 aliphatic rings. The van der Waals surface area contributed by atoms with E-state index in [0.29, 0.717) is 10.6 Å². The summed E-state index contributed by atoms with van der Waals surface area (Å²) in [4.78, 5) is 11.4. The molecule has 21 heavy (non-hydrogen) atoms. The van der Waals surface area contributed by atoms with Gasteiger partial charge in [-0.25, -0.2) is 4.79 Å². The van der Waals surface area contributed by atoms with Gasteiger partial charge in [0.25, 0.3) is 0 Å². The molecule has 0 heterocycles. The number of carbonyl (C=O) groups is 1. The average molecular weight is 301 g/mol. The van der Waals surface area contributed by atoms with Crippen LogP contribution in [-0.2, 0) is 4.74 Å². The van der Waals surface area contributed by atoms with Gasteiger partial charge >= 0.3 is 5.97 Å². The molecule has 0 bridgehead atoms. The van der Waals surface area contributed by atoms with Crippen LogP contribution in [0.2, 0.25) is 5.02 Å². The third kappa shape index (κ3) is 3.74. The summed E-state index contributed by atoms with van der Waals surface area (Å²) in [6.07, 6.45) is 0. The van der Waals surface area contributed by atoms with Crippen molar-refractivity contribution in [3.05, 3.63) is 64.7 Å². The number of anilines is 1. The Morgan fingerprint density at radius 2 is 1.81 bits per heavy atom. The molecule has 0 saturated heterocycles. The van der Waals surface area contributed by atoms with Crippen molar-refractivity contribution in [1.29, 1.82) is 5.26 Å². The van der Waals surface area contributed by atoms with Crippen LogP contribution in [0.15, 0.2) is 48.5 Å². The smallest absolute Gasteiger partial charge is 0.337 e. The van der Waals surface area contributed by atoms with Crippen molar-refractivity contribution in [2.45, 2.75) is 6.04 Å². The van der Waals surface area contributed by atoms with Crippen LogP contribution in [0.5, 0.6) is 0 Å². The van der Waals surface area contributed by atoms with Gasteiger partial charge in [-0.1, -0.05) is 23.7 Å². The van der Waals surface area contributed by atoms with Crippen LogP contribution in [0.4, 0.5) is 5.69 Å². The Bertz CT molecular complexity index is 660. The van der Waals surface area contributed by atoms with Crippen molar-refractivity contribution >= 4 is 23.3 Å². The van der Waals surface area contributed by atoms with Crippen LogP contribution in [-0.4, -0.2) is 13.1 Å². The van der Waals surface area contributed by atoms with Crippen molar-refractivity contribution in [2.75, 3.05) is 12.4 Å². The number of benzene rings is 2. The number of hydrogen-bond donors (Lipinski definition) is 1. The topological polar surface area (TPSA) is 62.1 Å². The molecule has 1 atom stereocenters. The molecular formula is C16H13ClN2O2. The SMILES string of the molecule is COC(=O)c1ccc(C(C#N)Nc2ccc(Cl)cc2)cc1. The first-order valence-corrected chi connectivity index (χ1v) is 6.62. The molecule has 1 unspecified atom stereocenters. The van der Waals surface area contributed by atoms with Gasteiger partial charge in [0.1, 0.15) is 6.04 Å². The number of rotatable bonds is 4. The average Bonchev–Trinajstić information content (AvgIpc) is 2.54. The quantitative estimate of drug-likeness (QED) is 0.872. The van der Waals surface area contributed by atoms with Crippen LogP contribution >= 0.6 is 11.6 Å². The number of nitrogens with one attached hydrogen (secondary N) is 1. The number of nitrogens with zero attached hydrogens (tertiary/aromatic N) is 1. The Hall–Kier alpha value is -2.51. The maximum atomic E-state index is 11.4. The molecule has 2 rings (SSSR count). The molecular weight excluding hydrogens is 288 g/mol. The predicted molar refractivity (Wildman–Crippen MR) is 81.2 cm³/mol. The molecule has 5 heteroatoms. The van der Waals surface area contributed by atoms with Gasteiger partial charge in [-0.2, -0.15) is 5.26 Å². The molecule has 0 spiro atoms. The minimum Gasteiger partial charge on any atom is -0.465 e. The summed E-state index contributed by atoms with van der Waals surface area (Å²) in [5.74, 6) is -0.402. The van der Waals surface area contributed by atoms with Crippen molar-refractivity contribution in [3.8, 4) is 6.07 Å². The van der Waals surface area contributed by atoms with Crippen LogP contribution < -0.4 is 5.32 Å². The van der Waals surface area contributed by atoms with Gasteiger partial charge in [0.05, 0.1) is 18.7 Å². The highest BCUT2D eigenvalue weighted by Crippen LogP contribution is 2.21. The van der Waals surface area contributed by atoms with Gasteiger partial charge in [0, 0.05) is 10.7 Å². The molecule has 1 N–H and O–H groups in total. The first kappa shape index (κ1) is 14.9. The van der Waals surface area contributed by atoms with Crippen molar-refractivity contribution in [2.24, 2.45) is 0 Å². The Morgan fingerprint density at radius 1 is 1.19 bits per heavy atom. The van der Waals surface area contributed by atoms with E-state index in [9.17, 15) is 10.1 Å². The molecule has 0 aliphatic heterocycles. The number of esters is 1. The van der Waals surface area contributed by atoms with Crippen molar-refractivity contribution in [3.63, 3.8) is 0 Å². The second-order valence-electron chi connectivity index (χ2n) is 4.33. The van der Waals surface area contributed by atoms with E-state index in [0.717, 1.165) is 11.3 Å². The Morgan fingerprint density at radius 3 is 2.33 bits per heavy atom. The van der Waals surface area contributed by atoms with Gasteiger partial charge < -0.3 is 10.1 Å². The highest BCUT2D eigenvalue weighted by Gasteiger charge is 2.12. The third-order valence-corrected chi connectivity index (χ3v) is 3.20. The fraction of sp³-hybridized carbons (Fsp3) is 0.125. The lowest BCUT2D eigenvalue weighted by Gasteiger charge is -2.13. The van der Waals surface area contributed by atoms with E-state index in [4.69, 9.17) is 11.6 Å². The number of carbonyl (C=O) groups excluding carboxylic acids is 1. The standard InChI is InChI=1S/C16H13ClN2O2/c1-21-16(20)12-4-2-11(3-5-12)15(10-18)19-14-8-6-13(17)7-9-14/h2-9,15,19H,1H3. The van der Waals surface area contributed by atoms with Gasteiger partial charge in [-0.3, -0.25) is 0 Å². The highest BCUT2D eigenvalue weighted by atomic mass is 35.5. The lowest BCUT2D eigenvalue weighted by atomic mass is 10.1. The molecule has 106 valence electrons. The van der Waals surface area contributed by atoms with Gasteiger partial charge in [-0.05, 0) is 42.0 Å². The predicted octanol–water partition coefficient (Wildman–Crippen LogP) is 3.80. The zero-order valence-corrected chi connectivity index (χ0v) is 12.1. The summed E-state index contributed by atoms with van der Waals surface area (Å²) in [6.45, 7) is 0. The number of halogens is 1. The molecule has 0 fully saturated rings. The van der Waals surface area contributed by atoms with Crippen LogP contribution in [0.1, 0.15) is 22.0 Å². The van der Waals surface area contributed by atoms with Crippen LogP contribution in [0.3, 0.4) is 0 Å². The first-order chi connectivity index (χ1) is 10.1. The molecule has 0 aromatic heterocycles. The molecule has 2 aromatic rings. The fourth-order valence-electron chi connectivity index (χ4n) is 1.83. The van der Waals surface area contributed by atoms with Crippen molar-refractivity contribution in [1.82, 2.24) is 0 Å². The molecule has 0 radical (unpaired) electrons. The van der Waals surface area contributed by atoms with E-state index in [1.54, 1.807) is 48.5 Å². The van der Waals surface area contributed by atoms with E-state index in [2.05, 4.69) is 16.1 Å². The molecule has 2 aromatic carbocycles. The first-order valence-electron chi connectivity index (χ1n) is 6.24. The summed E-state index contributed by atoms with van der Waals surface area (Å²) in [5, 5.41) is 13.0. The van der Waals surface area contributed by atoms with Gasteiger partial charge in [-0.15, -0.1) is 0 Å². The van der Waals surface area contributed by atoms with Crippen LogP contribution in [0, 0.1) is 11.3 Å². The lowest BCUT2D eigenvalue weighted by molar-refractivity contribution is 0.0600. The number of ether oxygens (including phenoxy) is 1.